The third kappa shape index (κ3) is 5.00. The summed E-state index contributed by atoms with van der Waals surface area (Å²) in [5, 5.41) is 0. The molecule has 3 nitrogen and oxygen atoms in total. The van der Waals surface area contributed by atoms with E-state index in [4.69, 9.17) is 0 Å². The van der Waals surface area contributed by atoms with Crippen LogP contribution >= 0.6 is 0 Å². The first-order chi connectivity index (χ1) is 7.88. The lowest BCUT2D eigenvalue weighted by Gasteiger charge is -1.96. The van der Waals surface area contributed by atoms with Gasteiger partial charge in [-0.3, -0.25) is 0 Å². The van der Waals surface area contributed by atoms with E-state index in [1.54, 1.807) is 12.2 Å². The van der Waals surface area contributed by atoms with E-state index in [1.165, 1.54) is 12.7 Å². The lowest BCUT2D eigenvalue weighted by Crippen LogP contribution is -1.91. The van der Waals surface area contributed by atoms with E-state index in [-0.39, 0.29) is 0 Å². The maximum atomic E-state index is 4.03. The summed E-state index contributed by atoms with van der Waals surface area (Å²) in [6, 6.07) is 0. The van der Waals surface area contributed by atoms with Crippen molar-refractivity contribution in [3.05, 3.63) is 62.0 Å². The van der Waals surface area contributed by atoms with Crippen LogP contribution in [0.1, 0.15) is 19.7 Å². The van der Waals surface area contributed by atoms with Crippen LogP contribution in [0.25, 0.3) is 5.57 Å². The summed E-state index contributed by atoms with van der Waals surface area (Å²) in [4.78, 5) is 11.8. The first-order valence-corrected chi connectivity index (χ1v) is 5.12. The molecular formula is C13H17N3. The SMILES string of the molecule is C=C/C=C\C(=C/C=C)c1ncncn1.CC. The number of rotatable bonds is 4. The van der Waals surface area contributed by atoms with Crippen LogP contribution in [0.4, 0.5) is 0 Å². The van der Waals surface area contributed by atoms with Gasteiger partial charge in [0.2, 0.25) is 0 Å². The number of hydrogen-bond donors (Lipinski definition) is 0. The Balaban J connectivity index is 0.00000106. The minimum absolute atomic E-state index is 0.623. The van der Waals surface area contributed by atoms with Crippen molar-refractivity contribution in [1.29, 1.82) is 0 Å². The summed E-state index contributed by atoms with van der Waals surface area (Å²) < 4.78 is 0. The maximum absolute atomic E-state index is 4.03. The van der Waals surface area contributed by atoms with Crippen LogP contribution < -0.4 is 0 Å². The summed E-state index contributed by atoms with van der Waals surface area (Å²) in [5.41, 5.74) is 0.877. The molecule has 0 spiro atoms. The number of allylic oxidation sites excluding steroid dienone is 6. The molecule has 0 amide bonds. The van der Waals surface area contributed by atoms with Crippen molar-refractivity contribution in [2.75, 3.05) is 0 Å². The van der Waals surface area contributed by atoms with Crippen molar-refractivity contribution in [3.63, 3.8) is 0 Å². The van der Waals surface area contributed by atoms with Gasteiger partial charge in [-0.2, -0.15) is 0 Å². The highest BCUT2D eigenvalue weighted by Crippen LogP contribution is 2.09. The Bertz CT molecular complexity index is 364. The fourth-order valence-corrected chi connectivity index (χ4v) is 0.892. The zero-order valence-corrected chi connectivity index (χ0v) is 9.80. The molecule has 0 N–H and O–H groups in total. The molecule has 0 aromatic carbocycles. The standard InChI is InChI=1S/C11H11N3.C2H6/c1-3-5-7-10(6-4-2)11-13-8-12-9-14-11;1-2/h3-9H,1-2H2;1-2H3/b7-5-,10-6+;. The van der Waals surface area contributed by atoms with E-state index in [0.29, 0.717) is 5.82 Å². The Kier molecular flexibility index (Phi) is 8.31. The van der Waals surface area contributed by atoms with Gasteiger partial charge in [0.05, 0.1) is 0 Å². The van der Waals surface area contributed by atoms with E-state index in [0.717, 1.165) is 5.57 Å². The minimum atomic E-state index is 0.623. The quantitative estimate of drug-likeness (QED) is 0.724. The van der Waals surface area contributed by atoms with Gasteiger partial charge in [0.25, 0.3) is 0 Å². The summed E-state index contributed by atoms with van der Waals surface area (Å²) in [5.74, 6) is 0.623. The van der Waals surface area contributed by atoms with Crippen molar-refractivity contribution in [3.8, 4) is 0 Å². The second kappa shape index (κ2) is 9.52. The molecule has 1 heterocycles. The van der Waals surface area contributed by atoms with Crippen LogP contribution in [0.2, 0.25) is 0 Å². The average molecular weight is 215 g/mol. The molecule has 0 atom stereocenters. The summed E-state index contributed by atoms with van der Waals surface area (Å²) in [6.07, 6.45) is 11.8. The second-order valence-corrected chi connectivity index (χ2v) is 2.41. The van der Waals surface area contributed by atoms with Crippen LogP contribution in [-0.2, 0) is 0 Å². The molecule has 0 aliphatic rings. The van der Waals surface area contributed by atoms with E-state index in [1.807, 2.05) is 32.1 Å². The molecule has 0 aliphatic carbocycles. The number of hydrogen-bond acceptors (Lipinski definition) is 3. The van der Waals surface area contributed by atoms with Gasteiger partial charge in [-0.1, -0.05) is 57.4 Å². The zero-order valence-electron chi connectivity index (χ0n) is 9.80. The summed E-state index contributed by atoms with van der Waals surface area (Å²) in [6.45, 7) is 11.2. The monoisotopic (exact) mass is 215 g/mol. The molecular weight excluding hydrogens is 198 g/mol. The predicted octanol–water partition coefficient (Wildman–Crippen LogP) is 3.21. The number of nitrogens with zero attached hydrogens (tertiary/aromatic N) is 3. The first-order valence-electron chi connectivity index (χ1n) is 5.12. The van der Waals surface area contributed by atoms with Gasteiger partial charge in [0, 0.05) is 5.57 Å². The highest BCUT2D eigenvalue weighted by atomic mass is 15.0. The average Bonchev–Trinajstić information content (AvgIpc) is 2.38. The fourth-order valence-electron chi connectivity index (χ4n) is 0.892. The van der Waals surface area contributed by atoms with Gasteiger partial charge >= 0.3 is 0 Å². The molecule has 0 bridgehead atoms. The Morgan fingerprint density at radius 2 is 1.75 bits per heavy atom. The summed E-state index contributed by atoms with van der Waals surface area (Å²) in [7, 11) is 0. The highest BCUT2D eigenvalue weighted by molar-refractivity contribution is 5.70. The molecule has 0 saturated carbocycles. The van der Waals surface area contributed by atoms with Crippen LogP contribution in [0.5, 0.6) is 0 Å². The molecule has 0 saturated heterocycles. The first kappa shape index (κ1) is 14.0. The topological polar surface area (TPSA) is 38.7 Å². The Hall–Kier alpha value is -2.03. The van der Waals surface area contributed by atoms with E-state index < -0.39 is 0 Å². The molecule has 3 heteroatoms. The Morgan fingerprint density at radius 1 is 1.12 bits per heavy atom. The Morgan fingerprint density at radius 3 is 2.25 bits per heavy atom. The van der Waals surface area contributed by atoms with Crippen LogP contribution in [0.3, 0.4) is 0 Å². The molecule has 1 rings (SSSR count). The van der Waals surface area contributed by atoms with Crippen molar-refractivity contribution in [1.82, 2.24) is 15.0 Å². The molecule has 0 aliphatic heterocycles. The van der Waals surface area contributed by atoms with Gasteiger partial charge in [-0.15, -0.1) is 0 Å². The zero-order chi connectivity index (χ0) is 12.2. The van der Waals surface area contributed by atoms with Gasteiger partial charge in [0.15, 0.2) is 5.82 Å². The molecule has 84 valence electrons. The van der Waals surface area contributed by atoms with E-state index >= 15 is 0 Å². The molecule has 0 radical (unpaired) electrons. The van der Waals surface area contributed by atoms with Crippen molar-refractivity contribution in [2.45, 2.75) is 13.8 Å². The van der Waals surface area contributed by atoms with Gasteiger partial charge < -0.3 is 0 Å². The molecule has 0 fully saturated rings. The van der Waals surface area contributed by atoms with Crippen LogP contribution in [0.15, 0.2) is 56.2 Å². The third-order valence-corrected chi connectivity index (χ3v) is 1.46. The normalized spacial score (nSPS) is 10.5. The smallest absolute Gasteiger partial charge is 0.162 e. The largest absolute Gasteiger partial charge is 0.225 e. The molecule has 1 aromatic rings. The van der Waals surface area contributed by atoms with Crippen molar-refractivity contribution >= 4 is 5.57 Å². The number of aromatic nitrogens is 3. The van der Waals surface area contributed by atoms with Crippen LogP contribution in [-0.4, -0.2) is 15.0 Å². The molecule has 0 unspecified atom stereocenters. The predicted molar refractivity (Wildman–Crippen MR) is 68.7 cm³/mol. The van der Waals surface area contributed by atoms with Gasteiger partial charge in [0.1, 0.15) is 12.7 Å². The third-order valence-electron chi connectivity index (χ3n) is 1.46. The maximum Gasteiger partial charge on any atom is 0.162 e. The Labute approximate surface area is 97.0 Å². The lowest BCUT2D eigenvalue weighted by molar-refractivity contribution is 1.02. The molecule has 16 heavy (non-hydrogen) atoms. The second-order valence-electron chi connectivity index (χ2n) is 2.41. The fraction of sp³-hybridized carbons (Fsp3) is 0.154. The van der Waals surface area contributed by atoms with Crippen molar-refractivity contribution < 1.29 is 0 Å². The van der Waals surface area contributed by atoms with E-state index in [2.05, 4.69) is 28.1 Å². The summed E-state index contributed by atoms with van der Waals surface area (Å²) >= 11 is 0. The van der Waals surface area contributed by atoms with Gasteiger partial charge in [-0.05, 0) is 0 Å². The molecule has 1 aromatic heterocycles. The van der Waals surface area contributed by atoms with Crippen LogP contribution in [0, 0.1) is 0 Å². The lowest BCUT2D eigenvalue weighted by atomic mass is 10.2. The highest BCUT2D eigenvalue weighted by Gasteiger charge is 1.97. The van der Waals surface area contributed by atoms with Crippen molar-refractivity contribution in [2.24, 2.45) is 0 Å². The van der Waals surface area contributed by atoms with E-state index in [9.17, 15) is 0 Å². The van der Waals surface area contributed by atoms with Gasteiger partial charge in [-0.25, -0.2) is 15.0 Å². The minimum Gasteiger partial charge on any atom is -0.225 e.